The average molecular weight is 288 g/mol. The Kier molecular flexibility index (Phi) is 5.62. The molecular formula is C13H20O5S. The van der Waals surface area contributed by atoms with Gasteiger partial charge in [0.05, 0.1) is 26.6 Å². The number of hydrogen-bond acceptors (Lipinski definition) is 5. The molecule has 0 aromatic heterocycles. The average Bonchev–Trinajstić information content (AvgIpc) is 2.33. The van der Waals surface area contributed by atoms with Gasteiger partial charge in [-0.2, -0.15) is 8.42 Å². The zero-order chi connectivity index (χ0) is 14.5. The molecule has 0 saturated carbocycles. The molecule has 0 heterocycles. The number of methoxy groups -OCH3 is 1. The Labute approximate surface area is 114 Å². The highest BCUT2D eigenvalue weighted by atomic mass is 32.2. The maximum Gasteiger partial charge on any atom is 0.264 e. The highest BCUT2D eigenvalue weighted by Crippen LogP contribution is 2.28. The van der Waals surface area contributed by atoms with E-state index >= 15 is 0 Å². The molecule has 0 aliphatic carbocycles. The van der Waals surface area contributed by atoms with Crippen molar-refractivity contribution in [1.29, 1.82) is 0 Å². The lowest BCUT2D eigenvalue weighted by atomic mass is 10.2. The van der Waals surface area contributed by atoms with Crippen LogP contribution in [0.5, 0.6) is 11.5 Å². The van der Waals surface area contributed by atoms with Gasteiger partial charge < -0.3 is 9.47 Å². The Hall–Kier alpha value is -1.27. The van der Waals surface area contributed by atoms with Crippen LogP contribution in [0.4, 0.5) is 0 Å². The van der Waals surface area contributed by atoms with Crippen molar-refractivity contribution in [1.82, 2.24) is 0 Å². The van der Waals surface area contributed by atoms with Crippen LogP contribution in [-0.4, -0.2) is 28.4 Å². The Balaban J connectivity index is 2.77. The zero-order valence-electron chi connectivity index (χ0n) is 11.7. The number of rotatable bonds is 7. The molecule has 0 aliphatic rings. The van der Waals surface area contributed by atoms with E-state index in [4.69, 9.17) is 13.7 Å². The maximum atomic E-state index is 10.9. The second-order valence-corrected chi connectivity index (χ2v) is 6.30. The van der Waals surface area contributed by atoms with E-state index in [0.717, 1.165) is 6.26 Å². The first-order valence-corrected chi connectivity index (χ1v) is 7.77. The summed E-state index contributed by atoms with van der Waals surface area (Å²) in [6.45, 7) is 4.69. The number of hydrogen-bond donors (Lipinski definition) is 0. The molecule has 0 spiro atoms. The molecule has 0 aliphatic heterocycles. The molecular weight excluding hydrogens is 268 g/mol. The van der Waals surface area contributed by atoms with Crippen molar-refractivity contribution in [2.45, 2.75) is 20.5 Å². The van der Waals surface area contributed by atoms with Crippen molar-refractivity contribution in [2.75, 3.05) is 20.0 Å². The summed E-state index contributed by atoms with van der Waals surface area (Å²) in [5.74, 6) is 1.62. The van der Waals surface area contributed by atoms with Gasteiger partial charge in [-0.05, 0) is 23.6 Å². The van der Waals surface area contributed by atoms with Crippen LogP contribution in [0.2, 0.25) is 0 Å². The lowest BCUT2D eigenvalue weighted by Gasteiger charge is -2.13. The topological polar surface area (TPSA) is 61.8 Å². The molecule has 0 atom stereocenters. The monoisotopic (exact) mass is 288 g/mol. The molecule has 1 aromatic rings. The summed E-state index contributed by atoms with van der Waals surface area (Å²) in [5.41, 5.74) is 0.708. The smallest absolute Gasteiger partial charge is 0.264 e. The van der Waals surface area contributed by atoms with Gasteiger partial charge in [-0.25, -0.2) is 0 Å². The Morgan fingerprint density at radius 2 is 1.89 bits per heavy atom. The summed E-state index contributed by atoms with van der Waals surface area (Å²) < 4.78 is 37.4. The van der Waals surface area contributed by atoms with E-state index in [-0.39, 0.29) is 6.61 Å². The van der Waals surface area contributed by atoms with E-state index in [2.05, 4.69) is 13.8 Å². The van der Waals surface area contributed by atoms with Crippen molar-refractivity contribution in [3.63, 3.8) is 0 Å². The van der Waals surface area contributed by atoms with Crippen LogP contribution in [0.3, 0.4) is 0 Å². The van der Waals surface area contributed by atoms with Gasteiger partial charge in [-0.15, -0.1) is 0 Å². The minimum Gasteiger partial charge on any atom is -0.493 e. The lowest BCUT2D eigenvalue weighted by Crippen LogP contribution is -2.06. The van der Waals surface area contributed by atoms with Gasteiger partial charge >= 0.3 is 0 Å². The van der Waals surface area contributed by atoms with Gasteiger partial charge in [0.15, 0.2) is 11.5 Å². The molecule has 0 N–H and O–H groups in total. The van der Waals surface area contributed by atoms with Crippen LogP contribution in [0.25, 0.3) is 0 Å². The highest BCUT2D eigenvalue weighted by molar-refractivity contribution is 7.85. The quantitative estimate of drug-likeness (QED) is 0.720. The molecule has 5 nitrogen and oxygen atoms in total. The first kappa shape index (κ1) is 15.8. The lowest BCUT2D eigenvalue weighted by molar-refractivity contribution is 0.256. The van der Waals surface area contributed by atoms with Gasteiger partial charge in [-0.1, -0.05) is 19.9 Å². The van der Waals surface area contributed by atoms with Crippen LogP contribution in [0.15, 0.2) is 18.2 Å². The first-order valence-electron chi connectivity index (χ1n) is 5.96. The van der Waals surface area contributed by atoms with Crippen LogP contribution in [0, 0.1) is 5.92 Å². The van der Waals surface area contributed by atoms with Gasteiger partial charge in [0, 0.05) is 0 Å². The molecule has 1 aromatic carbocycles. The molecule has 19 heavy (non-hydrogen) atoms. The van der Waals surface area contributed by atoms with E-state index in [1.807, 2.05) is 0 Å². The van der Waals surface area contributed by atoms with Crippen LogP contribution in [0.1, 0.15) is 19.4 Å². The Morgan fingerprint density at radius 1 is 1.21 bits per heavy atom. The van der Waals surface area contributed by atoms with E-state index in [0.29, 0.717) is 29.6 Å². The molecule has 0 radical (unpaired) electrons. The van der Waals surface area contributed by atoms with Crippen molar-refractivity contribution in [3.8, 4) is 11.5 Å². The largest absolute Gasteiger partial charge is 0.493 e. The summed E-state index contributed by atoms with van der Waals surface area (Å²) >= 11 is 0. The number of ether oxygens (including phenoxy) is 2. The summed E-state index contributed by atoms with van der Waals surface area (Å²) in [6.07, 6.45) is 1.02. The van der Waals surface area contributed by atoms with Gasteiger partial charge in [0.1, 0.15) is 0 Å². The first-order chi connectivity index (χ1) is 8.81. The SMILES string of the molecule is COc1cc(COS(C)(=O)=O)ccc1OCC(C)C. The predicted molar refractivity (Wildman–Crippen MR) is 73.0 cm³/mol. The summed E-state index contributed by atoms with van der Waals surface area (Å²) in [6, 6.07) is 5.21. The molecule has 6 heteroatoms. The summed E-state index contributed by atoms with van der Waals surface area (Å²) in [7, 11) is -1.91. The molecule has 0 amide bonds. The number of benzene rings is 1. The Morgan fingerprint density at radius 3 is 2.42 bits per heavy atom. The second-order valence-electron chi connectivity index (χ2n) is 4.66. The van der Waals surface area contributed by atoms with Crippen molar-refractivity contribution >= 4 is 10.1 Å². The molecule has 0 saturated heterocycles. The van der Waals surface area contributed by atoms with Gasteiger partial charge in [-0.3, -0.25) is 4.18 Å². The van der Waals surface area contributed by atoms with Crippen molar-refractivity contribution < 1.29 is 22.1 Å². The molecule has 108 valence electrons. The van der Waals surface area contributed by atoms with Gasteiger partial charge in [0.2, 0.25) is 0 Å². The van der Waals surface area contributed by atoms with Crippen molar-refractivity contribution in [3.05, 3.63) is 23.8 Å². The summed E-state index contributed by atoms with van der Waals surface area (Å²) in [4.78, 5) is 0. The minimum absolute atomic E-state index is 0.0142. The minimum atomic E-state index is -3.45. The van der Waals surface area contributed by atoms with E-state index in [9.17, 15) is 8.42 Å². The van der Waals surface area contributed by atoms with Crippen LogP contribution in [-0.2, 0) is 20.9 Å². The standard InChI is InChI=1S/C13H20O5S/c1-10(2)8-17-12-6-5-11(7-13(12)16-3)9-18-19(4,14)15/h5-7,10H,8-9H2,1-4H3. The highest BCUT2D eigenvalue weighted by Gasteiger charge is 2.09. The fraction of sp³-hybridized carbons (Fsp3) is 0.538. The second kappa shape index (κ2) is 6.77. The van der Waals surface area contributed by atoms with E-state index in [1.54, 1.807) is 25.3 Å². The fourth-order valence-corrected chi connectivity index (χ4v) is 1.70. The molecule has 0 fully saturated rings. The maximum absolute atomic E-state index is 10.9. The zero-order valence-corrected chi connectivity index (χ0v) is 12.5. The molecule has 1 rings (SSSR count). The van der Waals surface area contributed by atoms with Crippen molar-refractivity contribution in [2.24, 2.45) is 5.92 Å². The molecule has 0 bridgehead atoms. The fourth-order valence-electron chi connectivity index (χ4n) is 1.35. The normalized spacial score (nSPS) is 11.6. The van der Waals surface area contributed by atoms with Crippen LogP contribution < -0.4 is 9.47 Å². The molecule has 0 unspecified atom stereocenters. The van der Waals surface area contributed by atoms with Gasteiger partial charge in [0.25, 0.3) is 10.1 Å². The van der Waals surface area contributed by atoms with E-state index < -0.39 is 10.1 Å². The Bertz CT molecular complexity index is 508. The third-order valence-corrected chi connectivity index (χ3v) is 2.79. The predicted octanol–water partition coefficient (Wildman–Crippen LogP) is 2.21. The third kappa shape index (κ3) is 5.94. The van der Waals surface area contributed by atoms with Crippen LogP contribution >= 0.6 is 0 Å². The van der Waals surface area contributed by atoms with E-state index in [1.165, 1.54) is 0 Å². The summed E-state index contributed by atoms with van der Waals surface area (Å²) in [5, 5.41) is 0. The third-order valence-electron chi connectivity index (χ3n) is 2.24.